The second-order valence-electron chi connectivity index (χ2n) is 6.94. The van der Waals surface area contributed by atoms with Crippen molar-refractivity contribution in [3.8, 4) is 0 Å². The molecule has 0 bridgehead atoms. The summed E-state index contributed by atoms with van der Waals surface area (Å²) in [5.41, 5.74) is 3.58. The van der Waals surface area contributed by atoms with Crippen LogP contribution in [0, 0.1) is 0 Å². The first kappa shape index (κ1) is 19.0. The van der Waals surface area contributed by atoms with Gasteiger partial charge >= 0.3 is 0 Å². The monoisotopic (exact) mass is 364 g/mol. The SMILES string of the molecule is CN=C(NCc1ccc(CN2CCCC2=O)cc1)NC(C)c1ccccc1. The number of likely N-dealkylation sites (tertiary alicyclic amines) is 1. The molecule has 0 aliphatic carbocycles. The zero-order valence-electron chi connectivity index (χ0n) is 16.1. The maximum Gasteiger partial charge on any atom is 0.222 e. The van der Waals surface area contributed by atoms with Gasteiger partial charge in [0.25, 0.3) is 0 Å². The van der Waals surface area contributed by atoms with Gasteiger partial charge in [-0.05, 0) is 30.0 Å². The van der Waals surface area contributed by atoms with Gasteiger partial charge < -0.3 is 15.5 Å². The molecule has 3 rings (SSSR count). The fraction of sp³-hybridized carbons (Fsp3) is 0.364. The molecule has 0 saturated carbocycles. The van der Waals surface area contributed by atoms with Gasteiger partial charge in [0.2, 0.25) is 5.91 Å². The van der Waals surface area contributed by atoms with Gasteiger partial charge in [0.05, 0.1) is 6.04 Å². The molecule has 0 radical (unpaired) electrons. The van der Waals surface area contributed by atoms with Crippen molar-refractivity contribution in [2.45, 2.75) is 38.9 Å². The van der Waals surface area contributed by atoms with Crippen LogP contribution in [0.1, 0.15) is 42.5 Å². The van der Waals surface area contributed by atoms with E-state index in [1.54, 1.807) is 7.05 Å². The molecule has 5 heteroatoms. The number of hydrogen-bond donors (Lipinski definition) is 2. The lowest BCUT2D eigenvalue weighted by atomic mass is 10.1. The second-order valence-corrected chi connectivity index (χ2v) is 6.94. The summed E-state index contributed by atoms with van der Waals surface area (Å²) in [6.07, 6.45) is 1.67. The number of carbonyl (C=O) groups is 1. The van der Waals surface area contributed by atoms with Crippen LogP contribution in [0.3, 0.4) is 0 Å². The summed E-state index contributed by atoms with van der Waals surface area (Å²) < 4.78 is 0. The third-order valence-corrected chi connectivity index (χ3v) is 4.90. The normalized spacial score (nSPS) is 15.7. The van der Waals surface area contributed by atoms with Gasteiger partial charge in [-0.25, -0.2) is 0 Å². The quantitative estimate of drug-likeness (QED) is 0.611. The van der Waals surface area contributed by atoms with Crippen LogP contribution in [-0.4, -0.2) is 30.4 Å². The van der Waals surface area contributed by atoms with Crippen LogP contribution < -0.4 is 10.6 Å². The third kappa shape index (κ3) is 5.33. The largest absolute Gasteiger partial charge is 0.352 e. The summed E-state index contributed by atoms with van der Waals surface area (Å²) in [5, 5.41) is 6.77. The number of amides is 1. The smallest absolute Gasteiger partial charge is 0.222 e. The molecule has 5 nitrogen and oxygen atoms in total. The Morgan fingerprint density at radius 2 is 1.81 bits per heavy atom. The highest BCUT2D eigenvalue weighted by molar-refractivity contribution is 5.80. The number of hydrogen-bond acceptors (Lipinski definition) is 2. The topological polar surface area (TPSA) is 56.7 Å². The van der Waals surface area contributed by atoms with Gasteiger partial charge in [0.1, 0.15) is 0 Å². The fourth-order valence-corrected chi connectivity index (χ4v) is 3.26. The third-order valence-electron chi connectivity index (χ3n) is 4.90. The highest BCUT2D eigenvalue weighted by Crippen LogP contribution is 2.15. The van der Waals surface area contributed by atoms with E-state index < -0.39 is 0 Å². The molecule has 2 aromatic rings. The summed E-state index contributed by atoms with van der Waals surface area (Å²) in [7, 11) is 1.78. The van der Waals surface area contributed by atoms with Crippen molar-refractivity contribution in [3.63, 3.8) is 0 Å². The van der Waals surface area contributed by atoms with E-state index in [0.29, 0.717) is 19.5 Å². The Morgan fingerprint density at radius 1 is 1.11 bits per heavy atom. The van der Waals surface area contributed by atoms with Gasteiger partial charge in [-0.3, -0.25) is 9.79 Å². The van der Waals surface area contributed by atoms with Crippen molar-refractivity contribution in [2.75, 3.05) is 13.6 Å². The van der Waals surface area contributed by atoms with Crippen molar-refractivity contribution in [1.82, 2.24) is 15.5 Å². The highest BCUT2D eigenvalue weighted by atomic mass is 16.2. The molecule has 0 aromatic heterocycles. The Balaban J connectivity index is 1.50. The average molecular weight is 364 g/mol. The van der Waals surface area contributed by atoms with Crippen molar-refractivity contribution in [3.05, 3.63) is 71.3 Å². The summed E-state index contributed by atoms with van der Waals surface area (Å²) >= 11 is 0. The number of guanidine groups is 1. The molecule has 1 saturated heterocycles. The molecule has 2 N–H and O–H groups in total. The molecule has 27 heavy (non-hydrogen) atoms. The summed E-state index contributed by atoms with van der Waals surface area (Å²) in [5.74, 6) is 1.04. The van der Waals surface area contributed by atoms with Crippen LogP contribution >= 0.6 is 0 Å². The first-order valence-corrected chi connectivity index (χ1v) is 9.53. The van der Waals surface area contributed by atoms with Gasteiger partial charge in [-0.2, -0.15) is 0 Å². The number of carbonyl (C=O) groups excluding carboxylic acids is 1. The number of nitrogens with zero attached hydrogens (tertiary/aromatic N) is 2. The zero-order chi connectivity index (χ0) is 19.1. The average Bonchev–Trinajstić information content (AvgIpc) is 3.11. The predicted octanol–water partition coefficient (Wildman–Crippen LogP) is 3.24. The Labute approximate surface area is 161 Å². The van der Waals surface area contributed by atoms with Crippen molar-refractivity contribution >= 4 is 11.9 Å². The van der Waals surface area contributed by atoms with Crippen LogP contribution in [0.4, 0.5) is 0 Å². The molecule has 1 atom stereocenters. The molecule has 1 aliphatic heterocycles. The second kappa shape index (κ2) is 9.21. The molecular weight excluding hydrogens is 336 g/mol. The first-order valence-electron chi connectivity index (χ1n) is 9.53. The number of rotatable bonds is 6. The molecule has 0 spiro atoms. The van der Waals surface area contributed by atoms with Gasteiger partial charge in [0.15, 0.2) is 5.96 Å². The van der Waals surface area contributed by atoms with Gasteiger partial charge in [0, 0.05) is 33.1 Å². The van der Waals surface area contributed by atoms with Crippen molar-refractivity contribution in [1.29, 1.82) is 0 Å². The van der Waals surface area contributed by atoms with Crippen LogP contribution in [0.5, 0.6) is 0 Å². The molecule has 2 aromatic carbocycles. The molecule has 1 heterocycles. The fourth-order valence-electron chi connectivity index (χ4n) is 3.26. The number of benzene rings is 2. The molecule has 1 unspecified atom stereocenters. The van der Waals surface area contributed by atoms with Crippen LogP contribution in [0.2, 0.25) is 0 Å². The Hall–Kier alpha value is -2.82. The van der Waals surface area contributed by atoms with Crippen molar-refractivity contribution < 1.29 is 4.79 Å². The Morgan fingerprint density at radius 3 is 2.44 bits per heavy atom. The van der Waals surface area contributed by atoms with Crippen LogP contribution in [0.15, 0.2) is 59.6 Å². The van der Waals surface area contributed by atoms with E-state index in [9.17, 15) is 4.79 Å². The van der Waals surface area contributed by atoms with Crippen LogP contribution in [0.25, 0.3) is 0 Å². The van der Waals surface area contributed by atoms with E-state index >= 15 is 0 Å². The maximum atomic E-state index is 11.7. The molecule has 142 valence electrons. The standard InChI is InChI=1S/C22H28N4O/c1-17(20-7-4-3-5-8-20)25-22(23-2)24-15-18-10-12-19(13-11-18)16-26-14-6-9-21(26)27/h3-5,7-8,10-13,17H,6,9,14-16H2,1-2H3,(H2,23,24,25). The first-order chi connectivity index (χ1) is 13.2. The minimum atomic E-state index is 0.178. The Kier molecular flexibility index (Phi) is 6.47. The number of nitrogens with one attached hydrogen (secondary N) is 2. The summed E-state index contributed by atoms with van der Waals surface area (Å²) in [6, 6.07) is 18.9. The lowest BCUT2D eigenvalue weighted by molar-refractivity contribution is -0.128. The zero-order valence-corrected chi connectivity index (χ0v) is 16.1. The molecular formula is C22H28N4O. The molecule has 1 amide bonds. The van der Waals surface area contributed by atoms with E-state index in [1.807, 2.05) is 23.1 Å². The summed E-state index contributed by atoms with van der Waals surface area (Å²) in [6.45, 7) is 4.41. The van der Waals surface area contributed by atoms with E-state index in [0.717, 1.165) is 18.9 Å². The van der Waals surface area contributed by atoms with Gasteiger partial charge in [-0.1, -0.05) is 54.6 Å². The molecule has 1 fully saturated rings. The minimum Gasteiger partial charge on any atom is -0.352 e. The summed E-state index contributed by atoms with van der Waals surface area (Å²) in [4.78, 5) is 18.0. The lowest BCUT2D eigenvalue weighted by Crippen LogP contribution is -2.38. The number of aliphatic imine (C=N–C) groups is 1. The molecule has 1 aliphatic rings. The minimum absolute atomic E-state index is 0.178. The van der Waals surface area contributed by atoms with E-state index in [2.05, 4.69) is 58.9 Å². The van der Waals surface area contributed by atoms with E-state index in [1.165, 1.54) is 16.7 Å². The maximum absolute atomic E-state index is 11.7. The van der Waals surface area contributed by atoms with Crippen LogP contribution in [-0.2, 0) is 17.9 Å². The van der Waals surface area contributed by atoms with Crippen molar-refractivity contribution in [2.24, 2.45) is 4.99 Å². The lowest BCUT2D eigenvalue weighted by Gasteiger charge is -2.18. The Bertz CT molecular complexity index is 771. The van der Waals surface area contributed by atoms with Gasteiger partial charge in [-0.15, -0.1) is 0 Å². The predicted molar refractivity (Wildman–Crippen MR) is 109 cm³/mol. The van der Waals surface area contributed by atoms with E-state index in [-0.39, 0.29) is 11.9 Å². The van der Waals surface area contributed by atoms with E-state index in [4.69, 9.17) is 0 Å². The highest BCUT2D eigenvalue weighted by Gasteiger charge is 2.19.